The summed E-state index contributed by atoms with van der Waals surface area (Å²) in [5.41, 5.74) is 0. The Morgan fingerprint density at radius 3 is 1.56 bits per heavy atom. The van der Waals surface area contributed by atoms with E-state index in [4.69, 9.17) is 19.3 Å². The van der Waals surface area contributed by atoms with Gasteiger partial charge in [0.15, 0.2) is 12.4 Å². The van der Waals surface area contributed by atoms with E-state index in [-0.39, 0.29) is 19.6 Å². The van der Waals surface area contributed by atoms with Crippen molar-refractivity contribution in [1.82, 2.24) is 0 Å². The maximum absolute atomic E-state index is 12.3. The number of carbonyl (C=O) groups is 1. The van der Waals surface area contributed by atoms with Gasteiger partial charge in [-0.3, -0.25) is 4.79 Å². The average Bonchev–Trinajstić information content (AvgIpc) is 3.42. The zero-order valence-electron chi connectivity index (χ0n) is 22.7. The Morgan fingerprint density at radius 1 is 0.722 bits per heavy atom. The van der Waals surface area contributed by atoms with E-state index in [0.717, 1.165) is 12.8 Å². The van der Waals surface area contributed by atoms with Crippen LogP contribution in [-0.2, 0) is 19.0 Å². The molecule has 1 rings (SSSR count). The summed E-state index contributed by atoms with van der Waals surface area (Å²) in [5.74, 6) is -0.509. The van der Waals surface area contributed by atoms with Crippen LogP contribution in [0.4, 0.5) is 0 Å². The zero-order valence-corrected chi connectivity index (χ0v) is 22.7. The fourth-order valence-electron chi connectivity index (χ4n) is 4.59. The predicted octanol–water partition coefficient (Wildman–Crippen LogP) is 4.39. The first-order chi connectivity index (χ1) is 17.5. The van der Waals surface area contributed by atoms with Gasteiger partial charge in [0, 0.05) is 6.42 Å². The van der Waals surface area contributed by atoms with Crippen LogP contribution in [-0.4, -0.2) is 76.9 Å². The molecular weight excluding hydrogens is 464 g/mol. The summed E-state index contributed by atoms with van der Waals surface area (Å²) in [4.78, 5) is 12.3. The minimum atomic E-state index is -1.69. The molecule has 0 aliphatic carbocycles. The number of hydrogen-bond donors (Lipinski definition) is 4. The van der Waals surface area contributed by atoms with Gasteiger partial charge in [0.25, 0.3) is 0 Å². The summed E-state index contributed by atoms with van der Waals surface area (Å²) >= 11 is 0. The van der Waals surface area contributed by atoms with Gasteiger partial charge in [0.2, 0.25) is 0 Å². The van der Waals surface area contributed by atoms with E-state index >= 15 is 0 Å². The van der Waals surface area contributed by atoms with Crippen molar-refractivity contribution in [2.24, 2.45) is 0 Å². The monoisotopic (exact) mass is 518 g/mol. The predicted molar refractivity (Wildman–Crippen MR) is 139 cm³/mol. The molecule has 0 amide bonds. The van der Waals surface area contributed by atoms with Gasteiger partial charge in [-0.15, -0.1) is 0 Å². The fourth-order valence-corrected chi connectivity index (χ4v) is 4.59. The van der Waals surface area contributed by atoms with Crippen molar-refractivity contribution in [3.05, 3.63) is 0 Å². The molecule has 0 radical (unpaired) electrons. The van der Waals surface area contributed by atoms with Crippen LogP contribution in [0.1, 0.15) is 122 Å². The molecule has 1 aliphatic rings. The Kier molecular flexibility index (Phi) is 20.5. The Morgan fingerprint density at radius 2 is 1.14 bits per heavy atom. The normalized spacial score (nSPS) is 17.7. The zero-order chi connectivity index (χ0) is 26.4. The Labute approximate surface area is 218 Å². The van der Waals surface area contributed by atoms with E-state index in [2.05, 4.69) is 6.92 Å². The van der Waals surface area contributed by atoms with Crippen molar-refractivity contribution >= 4 is 5.97 Å². The van der Waals surface area contributed by atoms with E-state index < -0.39 is 43.3 Å². The second kappa shape index (κ2) is 22.2. The van der Waals surface area contributed by atoms with E-state index in [9.17, 15) is 20.1 Å². The summed E-state index contributed by atoms with van der Waals surface area (Å²) in [5, 5.41) is 39.0. The number of aliphatic hydroxyl groups is 4. The fraction of sp³-hybridized carbons (Fsp3) is 0.964. The molecule has 0 aromatic heterocycles. The Bertz CT molecular complexity index is 512. The number of ether oxygens (including phenoxy) is 3. The van der Waals surface area contributed by atoms with Gasteiger partial charge in [0.05, 0.1) is 19.8 Å². The van der Waals surface area contributed by atoms with E-state index in [1.165, 1.54) is 89.9 Å². The standard InChI is InChI=1S/C28H54O8/c1-2-3-4-5-6-7-8-9-10-11-12-13-14-15-16-17-18-19-24(31)36-27(28-34-20-21-35-28)26(33)25(32)23(30)22-29/h23,25-30,32-33H,2-22H2,1H3/t23-,25+,26+,27-/m1/s1. The molecule has 0 bridgehead atoms. The van der Waals surface area contributed by atoms with Gasteiger partial charge in [0.1, 0.15) is 18.3 Å². The Hall–Kier alpha value is -0.770. The van der Waals surface area contributed by atoms with Crippen LogP contribution in [0.5, 0.6) is 0 Å². The molecule has 4 N–H and O–H groups in total. The van der Waals surface area contributed by atoms with Crippen LogP contribution in [0.3, 0.4) is 0 Å². The maximum atomic E-state index is 12.3. The lowest BCUT2D eigenvalue weighted by Gasteiger charge is -2.31. The van der Waals surface area contributed by atoms with Crippen LogP contribution in [0.15, 0.2) is 0 Å². The largest absolute Gasteiger partial charge is 0.454 e. The first-order valence-corrected chi connectivity index (χ1v) is 14.6. The molecule has 8 heteroatoms. The van der Waals surface area contributed by atoms with Crippen LogP contribution < -0.4 is 0 Å². The third-order valence-electron chi connectivity index (χ3n) is 6.94. The molecule has 1 aliphatic heterocycles. The summed E-state index contributed by atoms with van der Waals surface area (Å²) in [6, 6.07) is 0. The quantitative estimate of drug-likeness (QED) is 0.110. The van der Waals surface area contributed by atoms with Crippen molar-refractivity contribution in [3.8, 4) is 0 Å². The SMILES string of the molecule is CCCCCCCCCCCCCCCCCCCC(=O)O[C@@H](C1OCCO1)[C@@H](O)[C@@H](O)[C@H](O)CO. The molecule has 8 nitrogen and oxygen atoms in total. The highest BCUT2D eigenvalue weighted by Crippen LogP contribution is 2.20. The number of hydrogen-bond acceptors (Lipinski definition) is 8. The van der Waals surface area contributed by atoms with Gasteiger partial charge in [-0.25, -0.2) is 0 Å². The summed E-state index contributed by atoms with van der Waals surface area (Å²) in [6.07, 6.45) is 14.5. The number of aliphatic hydroxyl groups excluding tert-OH is 4. The van der Waals surface area contributed by atoms with Gasteiger partial charge in [-0.2, -0.15) is 0 Å². The summed E-state index contributed by atoms with van der Waals surface area (Å²) < 4.78 is 16.0. The lowest BCUT2D eigenvalue weighted by Crippen LogP contribution is -2.52. The summed E-state index contributed by atoms with van der Waals surface area (Å²) in [6.45, 7) is 2.09. The third-order valence-corrected chi connectivity index (χ3v) is 6.94. The maximum Gasteiger partial charge on any atom is 0.306 e. The van der Waals surface area contributed by atoms with Crippen molar-refractivity contribution in [2.45, 2.75) is 153 Å². The molecular formula is C28H54O8. The molecule has 1 heterocycles. The van der Waals surface area contributed by atoms with Gasteiger partial charge >= 0.3 is 5.97 Å². The highest BCUT2D eigenvalue weighted by atomic mass is 16.7. The second-order valence-electron chi connectivity index (χ2n) is 10.2. The minimum absolute atomic E-state index is 0.202. The smallest absolute Gasteiger partial charge is 0.306 e. The number of esters is 1. The molecule has 0 saturated carbocycles. The average molecular weight is 519 g/mol. The molecule has 1 fully saturated rings. The number of carbonyl (C=O) groups excluding carboxylic acids is 1. The highest BCUT2D eigenvalue weighted by molar-refractivity contribution is 5.69. The molecule has 4 atom stereocenters. The molecule has 1 saturated heterocycles. The van der Waals surface area contributed by atoms with Gasteiger partial charge in [-0.05, 0) is 6.42 Å². The lowest BCUT2D eigenvalue weighted by atomic mass is 10.0. The molecule has 0 aromatic rings. The third kappa shape index (κ3) is 15.5. The van der Waals surface area contributed by atoms with Crippen molar-refractivity contribution in [3.63, 3.8) is 0 Å². The number of unbranched alkanes of at least 4 members (excludes halogenated alkanes) is 16. The van der Waals surface area contributed by atoms with Crippen molar-refractivity contribution < 1.29 is 39.4 Å². The van der Waals surface area contributed by atoms with E-state index in [1.54, 1.807) is 0 Å². The lowest BCUT2D eigenvalue weighted by molar-refractivity contribution is -0.210. The van der Waals surface area contributed by atoms with Crippen LogP contribution >= 0.6 is 0 Å². The minimum Gasteiger partial charge on any atom is -0.454 e. The van der Waals surface area contributed by atoms with Crippen molar-refractivity contribution in [2.75, 3.05) is 19.8 Å². The molecule has 214 valence electrons. The van der Waals surface area contributed by atoms with Crippen molar-refractivity contribution in [1.29, 1.82) is 0 Å². The van der Waals surface area contributed by atoms with Crippen LogP contribution in [0.25, 0.3) is 0 Å². The highest BCUT2D eigenvalue weighted by Gasteiger charge is 2.41. The van der Waals surface area contributed by atoms with E-state index in [1.807, 2.05) is 0 Å². The first-order valence-electron chi connectivity index (χ1n) is 14.6. The first kappa shape index (κ1) is 33.3. The Balaban J connectivity index is 2.03. The van der Waals surface area contributed by atoms with Crippen LogP contribution in [0.2, 0.25) is 0 Å². The summed E-state index contributed by atoms with van der Waals surface area (Å²) in [7, 11) is 0. The second-order valence-corrected chi connectivity index (χ2v) is 10.2. The van der Waals surface area contributed by atoms with Crippen LogP contribution in [0, 0.1) is 0 Å². The number of rotatable bonds is 24. The molecule has 36 heavy (non-hydrogen) atoms. The van der Waals surface area contributed by atoms with E-state index in [0.29, 0.717) is 6.42 Å². The van der Waals surface area contributed by atoms with Gasteiger partial charge in [-0.1, -0.05) is 110 Å². The van der Waals surface area contributed by atoms with Gasteiger partial charge < -0.3 is 34.6 Å². The molecule has 0 unspecified atom stereocenters. The molecule has 0 aromatic carbocycles. The molecule has 0 spiro atoms. The topological polar surface area (TPSA) is 126 Å².